The number of hydrogen-bond acceptors (Lipinski definition) is 2. The third-order valence-electron chi connectivity index (χ3n) is 1.27. The van der Waals surface area contributed by atoms with E-state index in [9.17, 15) is 0 Å². The van der Waals surface area contributed by atoms with Gasteiger partial charge in [-0.15, -0.1) is 0 Å². The van der Waals surface area contributed by atoms with Gasteiger partial charge in [0.05, 0.1) is 0 Å². The van der Waals surface area contributed by atoms with Gasteiger partial charge in [0, 0.05) is 11.8 Å². The van der Waals surface area contributed by atoms with E-state index in [1.165, 1.54) is 19.4 Å². The molecule has 0 aliphatic carbocycles. The first-order valence-corrected chi connectivity index (χ1v) is 4.30. The highest BCUT2D eigenvalue weighted by atomic mass is 32.1. The number of thiol groups is 1. The van der Waals surface area contributed by atoms with Crippen LogP contribution in [0.1, 0.15) is 26.7 Å². The molecule has 0 spiro atoms. The number of rotatable bonds is 0. The SMILES string of the molecule is CC.SC1CCCNC1. The van der Waals surface area contributed by atoms with E-state index in [0.717, 1.165) is 6.54 Å². The summed E-state index contributed by atoms with van der Waals surface area (Å²) in [5.74, 6) is 0. The van der Waals surface area contributed by atoms with Crippen LogP contribution in [-0.4, -0.2) is 18.3 Å². The van der Waals surface area contributed by atoms with E-state index in [4.69, 9.17) is 0 Å². The number of hydrogen-bond donors (Lipinski definition) is 2. The van der Waals surface area contributed by atoms with Crippen LogP contribution in [0.3, 0.4) is 0 Å². The Bertz CT molecular complexity index is 50.9. The van der Waals surface area contributed by atoms with Crippen LogP contribution in [-0.2, 0) is 0 Å². The molecule has 56 valence electrons. The Morgan fingerprint density at radius 3 is 2.33 bits per heavy atom. The van der Waals surface area contributed by atoms with Crippen LogP contribution in [0.2, 0.25) is 0 Å². The van der Waals surface area contributed by atoms with E-state index in [0.29, 0.717) is 5.25 Å². The molecule has 0 bridgehead atoms. The molecule has 1 aliphatic heterocycles. The average molecular weight is 147 g/mol. The Balaban J connectivity index is 0.000000291. The fraction of sp³-hybridized carbons (Fsp3) is 1.00. The molecule has 1 N–H and O–H groups in total. The van der Waals surface area contributed by atoms with Crippen molar-refractivity contribution in [2.24, 2.45) is 0 Å². The third-order valence-corrected chi connectivity index (χ3v) is 1.71. The maximum atomic E-state index is 4.30. The Morgan fingerprint density at radius 2 is 2.11 bits per heavy atom. The van der Waals surface area contributed by atoms with E-state index in [-0.39, 0.29) is 0 Å². The lowest BCUT2D eigenvalue weighted by Gasteiger charge is -2.16. The monoisotopic (exact) mass is 147 g/mol. The quantitative estimate of drug-likeness (QED) is 0.497. The van der Waals surface area contributed by atoms with Crippen LogP contribution in [0.4, 0.5) is 0 Å². The van der Waals surface area contributed by atoms with Crippen molar-refractivity contribution in [1.29, 1.82) is 0 Å². The second-order valence-electron chi connectivity index (χ2n) is 2.00. The predicted octanol–water partition coefficient (Wildman–Crippen LogP) is 1.69. The van der Waals surface area contributed by atoms with Crippen LogP contribution in [0, 0.1) is 0 Å². The van der Waals surface area contributed by atoms with Crippen molar-refractivity contribution < 1.29 is 0 Å². The smallest absolute Gasteiger partial charge is 0.0142 e. The largest absolute Gasteiger partial charge is 0.316 e. The van der Waals surface area contributed by atoms with Gasteiger partial charge in [-0.3, -0.25) is 0 Å². The Morgan fingerprint density at radius 1 is 1.44 bits per heavy atom. The molecule has 1 rings (SSSR count). The molecule has 1 aliphatic rings. The highest BCUT2D eigenvalue weighted by Gasteiger charge is 2.05. The minimum Gasteiger partial charge on any atom is -0.316 e. The molecule has 0 aromatic rings. The Kier molecular flexibility index (Phi) is 6.65. The van der Waals surface area contributed by atoms with E-state index >= 15 is 0 Å². The summed E-state index contributed by atoms with van der Waals surface area (Å²) in [6, 6.07) is 0. The first-order chi connectivity index (χ1) is 4.39. The fourth-order valence-corrected chi connectivity index (χ4v) is 1.15. The minimum absolute atomic E-state index is 0.619. The van der Waals surface area contributed by atoms with Crippen molar-refractivity contribution in [3.8, 4) is 0 Å². The van der Waals surface area contributed by atoms with Gasteiger partial charge in [0.1, 0.15) is 0 Å². The topological polar surface area (TPSA) is 12.0 Å². The predicted molar refractivity (Wildman–Crippen MR) is 46.2 cm³/mol. The summed E-state index contributed by atoms with van der Waals surface area (Å²) in [6.07, 6.45) is 2.59. The lowest BCUT2D eigenvalue weighted by Crippen LogP contribution is -2.29. The third kappa shape index (κ3) is 4.79. The highest BCUT2D eigenvalue weighted by Crippen LogP contribution is 2.06. The van der Waals surface area contributed by atoms with Gasteiger partial charge in [-0.2, -0.15) is 12.6 Å². The second kappa shape index (κ2) is 6.43. The zero-order valence-electron chi connectivity index (χ0n) is 6.35. The van der Waals surface area contributed by atoms with Crippen LogP contribution in [0.15, 0.2) is 0 Å². The molecule has 1 fully saturated rings. The highest BCUT2D eigenvalue weighted by molar-refractivity contribution is 7.81. The summed E-state index contributed by atoms with van der Waals surface area (Å²) in [5, 5.41) is 3.88. The lowest BCUT2D eigenvalue weighted by atomic mass is 10.2. The van der Waals surface area contributed by atoms with Crippen LogP contribution in [0.25, 0.3) is 0 Å². The van der Waals surface area contributed by atoms with E-state index < -0.39 is 0 Å². The lowest BCUT2D eigenvalue weighted by molar-refractivity contribution is 0.533. The van der Waals surface area contributed by atoms with E-state index in [1.807, 2.05) is 13.8 Å². The van der Waals surface area contributed by atoms with Gasteiger partial charge in [-0.05, 0) is 19.4 Å². The maximum absolute atomic E-state index is 4.30. The van der Waals surface area contributed by atoms with Crippen molar-refractivity contribution in [1.82, 2.24) is 5.32 Å². The Hall–Kier alpha value is 0.310. The molecule has 1 unspecified atom stereocenters. The van der Waals surface area contributed by atoms with Gasteiger partial charge >= 0.3 is 0 Å². The first-order valence-electron chi connectivity index (χ1n) is 3.78. The van der Waals surface area contributed by atoms with Crippen LogP contribution >= 0.6 is 12.6 Å². The Labute approximate surface area is 63.6 Å². The standard InChI is InChI=1S/C5H11NS.C2H6/c7-5-2-1-3-6-4-5;1-2/h5-7H,1-4H2;1-2H3. The summed E-state index contributed by atoms with van der Waals surface area (Å²) >= 11 is 4.30. The van der Waals surface area contributed by atoms with E-state index in [2.05, 4.69) is 17.9 Å². The summed E-state index contributed by atoms with van der Waals surface area (Å²) in [6.45, 7) is 6.29. The first kappa shape index (κ1) is 9.31. The van der Waals surface area contributed by atoms with Crippen molar-refractivity contribution in [3.05, 3.63) is 0 Å². The van der Waals surface area contributed by atoms with Gasteiger partial charge < -0.3 is 5.32 Å². The molecule has 0 saturated carbocycles. The maximum Gasteiger partial charge on any atom is 0.0142 e. The molecule has 1 nitrogen and oxygen atoms in total. The van der Waals surface area contributed by atoms with Gasteiger partial charge in [-0.1, -0.05) is 13.8 Å². The van der Waals surface area contributed by atoms with Gasteiger partial charge in [-0.25, -0.2) is 0 Å². The summed E-state index contributed by atoms with van der Waals surface area (Å²) in [7, 11) is 0. The molecule has 1 heterocycles. The van der Waals surface area contributed by atoms with Crippen LogP contribution in [0.5, 0.6) is 0 Å². The number of piperidine rings is 1. The molecule has 0 aromatic carbocycles. The molecule has 1 saturated heterocycles. The molecule has 1 atom stereocenters. The van der Waals surface area contributed by atoms with Gasteiger partial charge in [0.15, 0.2) is 0 Å². The molecule has 9 heavy (non-hydrogen) atoms. The van der Waals surface area contributed by atoms with Crippen molar-refractivity contribution in [3.63, 3.8) is 0 Å². The fourth-order valence-electron chi connectivity index (χ4n) is 0.833. The zero-order valence-corrected chi connectivity index (χ0v) is 7.25. The minimum atomic E-state index is 0.619. The molecule has 0 aromatic heterocycles. The number of nitrogens with one attached hydrogen (secondary N) is 1. The summed E-state index contributed by atoms with van der Waals surface area (Å²) in [5.41, 5.74) is 0. The summed E-state index contributed by atoms with van der Waals surface area (Å²) < 4.78 is 0. The normalized spacial score (nSPS) is 26.3. The van der Waals surface area contributed by atoms with Gasteiger partial charge in [0.2, 0.25) is 0 Å². The van der Waals surface area contributed by atoms with E-state index in [1.54, 1.807) is 0 Å². The second-order valence-corrected chi connectivity index (χ2v) is 2.73. The van der Waals surface area contributed by atoms with Crippen molar-refractivity contribution >= 4 is 12.6 Å². The zero-order chi connectivity index (χ0) is 7.11. The molecule has 0 amide bonds. The van der Waals surface area contributed by atoms with Crippen molar-refractivity contribution in [2.45, 2.75) is 31.9 Å². The van der Waals surface area contributed by atoms with Gasteiger partial charge in [0.25, 0.3) is 0 Å². The molecule has 2 heteroatoms. The molecular weight excluding hydrogens is 130 g/mol. The summed E-state index contributed by atoms with van der Waals surface area (Å²) in [4.78, 5) is 0. The van der Waals surface area contributed by atoms with Crippen LogP contribution < -0.4 is 5.32 Å². The van der Waals surface area contributed by atoms with Crippen molar-refractivity contribution in [2.75, 3.05) is 13.1 Å². The average Bonchev–Trinajstić information content (AvgIpc) is 1.94. The molecule has 0 radical (unpaired) electrons. The molecular formula is C7H17NS.